The lowest BCUT2D eigenvalue weighted by atomic mass is 9.96. The molecule has 2 rings (SSSR count). The fourth-order valence-corrected chi connectivity index (χ4v) is 1.74. The van der Waals surface area contributed by atoms with Gasteiger partial charge in [-0.25, -0.2) is 4.39 Å². The SMILES string of the molecule is CC1CC(O)c2cccc(F)c2N1. The van der Waals surface area contributed by atoms with Crippen molar-refractivity contribution in [1.29, 1.82) is 0 Å². The number of halogens is 1. The highest BCUT2D eigenvalue weighted by atomic mass is 19.1. The van der Waals surface area contributed by atoms with Crippen LogP contribution in [-0.2, 0) is 0 Å². The molecule has 1 aromatic rings. The summed E-state index contributed by atoms with van der Waals surface area (Å²) in [5, 5.41) is 12.7. The van der Waals surface area contributed by atoms with Crippen LogP contribution in [0, 0.1) is 5.82 Å². The Morgan fingerprint density at radius 1 is 1.54 bits per heavy atom. The van der Waals surface area contributed by atoms with Gasteiger partial charge in [-0.3, -0.25) is 0 Å². The quantitative estimate of drug-likeness (QED) is 0.642. The van der Waals surface area contributed by atoms with E-state index in [4.69, 9.17) is 0 Å². The number of para-hydroxylation sites is 1. The van der Waals surface area contributed by atoms with E-state index in [2.05, 4.69) is 5.32 Å². The summed E-state index contributed by atoms with van der Waals surface area (Å²) in [7, 11) is 0. The van der Waals surface area contributed by atoms with Gasteiger partial charge in [0.2, 0.25) is 0 Å². The van der Waals surface area contributed by atoms with Gasteiger partial charge < -0.3 is 10.4 Å². The summed E-state index contributed by atoms with van der Waals surface area (Å²) in [5.41, 5.74) is 1.12. The van der Waals surface area contributed by atoms with Crippen LogP contribution in [0.5, 0.6) is 0 Å². The van der Waals surface area contributed by atoms with Crippen LogP contribution in [0.3, 0.4) is 0 Å². The Morgan fingerprint density at radius 3 is 3.08 bits per heavy atom. The summed E-state index contributed by atoms with van der Waals surface area (Å²) in [6, 6.07) is 4.90. The number of aliphatic hydroxyl groups is 1. The largest absolute Gasteiger partial charge is 0.388 e. The van der Waals surface area contributed by atoms with Gasteiger partial charge in [0.1, 0.15) is 5.82 Å². The smallest absolute Gasteiger partial charge is 0.146 e. The third-order valence-electron chi connectivity index (χ3n) is 2.37. The van der Waals surface area contributed by atoms with Crippen molar-refractivity contribution in [3.63, 3.8) is 0 Å². The average Bonchev–Trinajstić information content (AvgIpc) is 2.07. The first-order valence-electron chi connectivity index (χ1n) is 4.41. The highest BCUT2D eigenvalue weighted by Crippen LogP contribution is 2.33. The van der Waals surface area contributed by atoms with Crippen molar-refractivity contribution in [1.82, 2.24) is 0 Å². The second-order valence-corrected chi connectivity index (χ2v) is 3.50. The van der Waals surface area contributed by atoms with Crippen molar-refractivity contribution in [2.45, 2.75) is 25.5 Å². The Hall–Kier alpha value is -1.09. The molecule has 1 aliphatic heterocycles. The molecule has 0 saturated heterocycles. The summed E-state index contributed by atoms with van der Waals surface area (Å²) >= 11 is 0. The molecule has 70 valence electrons. The summed E-state index contributed by atoms with van der Waals surface area (Å²) in [5.74, 6) is -0.289. The molecule has 2 atom stereocenters. The second kappa shape index (κ2) is 3.00. The second-order valence-electron chi connectivity index (χ2n) is 3.50. The molecule has 0 amide bonds. The van der Waals surface area contributed by atoms with Crippen LogP contribution in [0.1, 0.15) is 25.0 Å². The Balaban J connectivity index is 2.49. The topological polar surface area (TPSA) is 32.3 Å². The maximum atomic E-state index is 13.2. The molecule has 0 fully saturated rings. The molecule has 3 heteroatoms. The van der Waals surface area contributed by atoms with E-state index >= 15 is 0 Å². The van der Waals surface area contributed by atoms with Crippen LogP contribution >= 0.6 is 0 Å². The Morgan fingerprint density at radius 2 is 2.31 bits per heavy atom. The standard InChI is InChI=1S/C10H12FNO/c1-6-5-9(13)7-3-2-4-8(11)10(7)12-6/h2-4,6,9,12-13H,5H2,1H3. The highest BCUT2D eigenvalue weighted by Gasteiger charge is 2.23. The molecule has 2 N–H and O–H groups in total. The molecule has 13 heavy (non-hydrogen) atoms. The lowest BCUT2D eigenvalue weighted by molar-refractivity contribution is 0.157. The van der Waals surface area contributed by atoms with E-state index < -0.39 is 6.10 Å². The Bertz CT molecular complexity index is 327. The van der Waals surface area contributed by atoms with Crippen molar-refractivity contribution in [3.8, 4) is 0 Å². The first-order chi connectivity index (χ1) is 6.18. The molecule has 0 spiro atoms. The van der Waals surface area contributed by atoms with Crippen molar-refractivity contribution in [3.05, 3.63) is 29.6 Å². The van der Waals surface area contributed by atoms with E-state index in [0.717, 1.165) is 0 Å². The zero-order valence-corrected chi connectivity index (χ0v) is 7.42. The number of anilines is 1. The third kappa shape index (κ3) is 1.40. The first kappa shape index (κ1) is 8.51. The molecule has 2 unspecified atom stereocenters. The van der Waals surface area contributed by atoms with Crippen molar-refractivity contribution in [2.24, 2.45) is 0 Å². The van der Waals surface area contributed by atoms with Crippen LogP contribution in [0.2, 0.25) is 0 Å². The minimum absolute atomic E-state index is 0.124. The molecule has 1 aromatic carbocycles. The molecule has 0 bridgehead atoms. The average molecular weight is 181 g/mol. The predicted molar refractivity (Wildman–Crippen MR) is 49.1 cm³/mol. The first-order valence-corrected chi connectivity index (χ1v) is 4.41. The normalized spacial score (nSPS) is 26.4. The Labute approximate surface area is 76.4 Å². The number of rotatable bonds is 0. The fourth-order valence-electron chi connectivity index (χ4n) is 1.74. The molecule has 0 aliphatic carbocycles. The van der Waals surface area contributed by atoms with E-state index in [1.807, 2.05) is 6.92 Å². The molecule has 1 aliphatic rings. The molecular weight excluding hydrogens is 169 g/mol. The van der Waals surface area contributed by atoms with Gasteiger partial charge in [-0.2, -0.15) is 0 Å². The van der Waals surface area contributed by atoms with E-state index in [-0.39, 0.29) is 11.9 Å². The predicted octanol–water partition coefficient (Wildman–Crippen LogP) is 2.06. The minimum atomic E-state index is -0.540. The summed E-state index contributed by atoms with van der Waals surface area (Å²) in [6.07, 6.45) is 0.0955. The molecular formula is C10H12FNO. The minimum Gasteiger partial charge on any atom is -0.388 e. The van der Waals surface area contributed by atoms with Crippen LogP contribution in [0.4, 0.5) is 10.1 Å². The van der Waals surface area contributed by atoms with Crippen LogP contribution < -0.4 is 5.32 Å². The van der Waals surface area contributed by atoms with Gasteiger partial charge in [-0.15, -0.1) is 0 Å². The van der Waals surface area contributed by atoms with Crippen LogP contribution in [-0.4, -0.2) is 11.1 Å². The zero-order chi connectivity index (χ0) is 9.42. The van der Waals surface area contributed by atoms with Gasteiger partial charge >= 0.3 is 0 Å². The molecule has 0 radical (unpaired) electrons. The maximum Gasteiger partial charge on any atom is 0.146 e. The van der Waals surface area contributed by atoms with Crippen LogP contribution in [0.25, 0.3) is 0 Å². The van der Waals surface area contributed by atoms with E-state index in [9.17, 15) is 9.50 Å². The van der Waals surface area contributed by atoms with E-state index in [1.165, 1.54) is 6.07 Å². The molecule has 1 heterocycles. The number of nitrogens with one attached hydrogen (secondary N) is 1. The van der Waals surface area contributed by atoms with Crippen molar-refractivity contribution in [2.75, 3.05) is 5.32 Å². The number of fused-ring (bicyclic) bond motifs is 1. The number of aliphatic hydroxyl groups excluding tert-OH is 1. The number of hydrogen-bond acceptors (Lipinski definition) is 2. The van der Waals surface area contributed by atoms with E-state index in [0.29, 0.717) is 17.7 Å². The Kier molecular flexibility index (Phi) is 1.96. The van der Waals surface area contributed by atoms with Gasteiger partial charge in [0.15, 0.2) is 0 Å². The number of hydrogen-bond donors (Lipinski definition) is 2. The molecule has 2 nitrogen and oxygen atoms in total. The lowest BCUT2D eigenvalue weighted by Crippen LogP contribution is -2.26. The highest BCUT2D eigenvalue weighted by molar-refractivity contribution is 5.55. The summed E-state index contributed by atoms with van der Waals surface area (Å²) in [4.78, 5) is 0. The van der Waals surface area contributed by atoms with Crippen LogP contribution in [0.15, 0.2) is 18.2 Å². The van der Waals surface area contributed by atoms with Gasteiger partial charge in [-0.05, 0) is 19.4 Å². The van der Waals surface area contributed by atoms with Gasteiger partial charge in [0, 0.05) is 11.6 Å². The van der Waals surface area contributed by atoms with E-state index in [1.54, 1.807) is 12.1 Å². The van der Waals surface area contributed by atoms with Gasteiger partial charge in [0.05, 0.1) is 11.8 Å². The van der Waals surface area contributed by atoms with Crippen molar-refractivity contribution >= 4 is 5.69 Å². The van der Waals surface area contributed by atoms with Gasteiger partial charge in [-0.1, -0.05) is 12.1 Å². The summed E-state index contributed by atoms with van der Waals surface area (Å²) < 4.78 is 13.2. The third-order valence-corrected chi connectivity index (χ3v) is 2.37. The lowest BCUT2D eigenvalue weighted by Gasteiger charge is -2.28. The number of benzene rings is 1. The van der Waals surface area contributed by atoms with Crippen molar-refractivity contribution < 1.29 is 9.50 Å². The monoisotopic (exact) mass is 181 g/mol. The fraction of sp³-hybridized carbons (Fsp3) is 0.400. The molecule has 0 saturated carbocycles. The maximum absolute atomic E-state index is 13.2. The summed E-state index contributed by atoms with van der Waals surface area (Å²) in [6.45, 7) is 1.93. The molecule has 0 aromatic heterocycles. The zero-order valence-electron chi connectivity index (χ0n) is 7.42. The van der Waals surface area contributed by atoms with Gasteiger partial charge in [0.25, 0.3) is 0 Å².